The minimum Gasteiger partial charge on any atom is -0.330 e. The molecule has 0 amide bonds. The fourth-order valence-corrected chi connectivity index (χ4v) is 2.20. The van der Waals surface area contributed by atoms with Crippen LogP contribution in [0, 0.1) is 0 Å². The molecular weight excluding hydrogens is 250 g/mol. The van der Waals surface area contributed by atoms with Crippen LogP contribution in [0.3, 0.4) is 0 Å². The van der Waals surface area contributed by atoms with Gasteiger partial charge in [0.05, 0.1) is 0 Å². The summed E-state index contributed by atoms with van der Waals surface area (Å²) in [5, 5.41) is 0. The van der Waals surface area contributed by atoms with Gasteiger partial charge < -0.3 is 5.73 Å². The van der Waals surface area contributed by atoms with E-state index in [-0.39, 0.29) is 0 Å². The number of nitrogens with two attached hydrogens (primary N) is 1. The zero-order valence-electron chi connectivity index (χ0n) is 9.76. The number of benzene rings is 1. The lowest BCUT2D eigenvalue weighted by molar-refractivity contribution is 0.687. The normalized spacial score (nSPS) is 13.2. The first-order valence-corrected chi connectivity index (χ1v) is 6.34. The second kappa shape index (κ2) is 5.66. The van der Waals surface area contributed by atoms with Crippen LogP contribution >= 0.6 is 15.9 Å². The van der Waals surface area contributed by atoms with Crippen LogP contribution in [0.2, 0.25) is 0 Å². The number of hydrogen-bond acceptors (Lipinski definition) is 1. The highest BCUT2D eigenvalue weighted by Crippen LogP contribution is 2.27. The van der Waals surface area contributed by atoms with E-state index in [0.29, 0.717) is 11.8 Å². The third-order valence-electron chi connectivity index (χ3n) is 2.78. The maximum atomic E-state index is 5.59. The Morgan fingerprint density at radius 3 is 2.27 bits per heavy atom. The highest BCUT2D eigenvalue weighted by atomic mass is 79.9. The van der Waals surface area contributed by atoms with Gasteiger partial charge in [0.25, 0.3) is 0 Å². The molecule has 1 aromatic rings. The summed E-state index contributed by atoms with van der Waals surface area (Å²) in [5.74, 6) is 1.12. The minimum absolute atomic E-state index is 0.546. The lowest BCUT2D eigenvalue weighted by atomic mass is 9.93. The van der Waals surface area contributed by atoms with Gasteiger partial charge in [0.1, 0.15) is 0 Å². The van der Waals surface area contributed by atoms with Crippen LogP contribution in [0.4, 0.5) is 0 Å². The van der Waals surface area contributed by atoms with Crippen LogP contribution in [0.5, 0.6) is 0 Å². The minimum atomic E-state index is 0.546. The maximum absolute atomic E-state index is 5.59. The Balaban J connectivity index is 2.98. The van der Waals surface area contributed by atoms with E-state index in [1.807, 2.05) is 0 Å². The largest absolute Gasteiger partial charge is 0.330 e. The van der Waals surface area contributed by atoms with Crippen molar-refractivity contribution >= 4 is 15.9 Å². The van der Waals surface area contributed by atoms with Gasteiger partial charge >= 0.3 is 0 Å². The number of hydrogen-bond donors (Lipinski definition) is 1. The molecule has 2 N–H and O–H groups in total. The molecule has 0 aromatic heterocycles. The zero-order chi connectivity index (χ0) is 11.4. The summed E-state index contributed by atoms with van der Waals surface area (Å²) < 4.78 is 1.17. The van der Waals surface area contributed by atoms with Gasteiger partial charge in [-0.25, -0.2) is 0 Å². The molecule has 0 radical (unpaired) electrons. The predicted molar refractivity (Wildman–Crippen MR) is 70.3 cm³/mol. The van der Waals surface area contributed by atoms with E-state index < -0.39 is 0 Å². The van der Waals surface area contributed by atoms with Crippen LogP contribution in [0.15, 0.2) is 22.7 Å². The van der Waals surface area contributed by atoms with Crippen molar-refractivity contribution in [3.05, 3.63) is 33.8 Å². The van der Waals surface area contributed by atoms with E-state index in [9.17, 15) is 0 Å². The van der Waals surface area contributed by atoms with E-state index in [4.69, 9.17) is 5.73 Å². The summed E-state index contributed by atoms with van der Waals surface area (Å²) in [4.78, 5) is 0. The van der Waals surface area contributed by atoms with Gasteiger partial charge in [-0.2, -0.15) is 0 Å². The van der Waals surface area contributed by atoms with Crippen LogP contribution in [0.1, 0.15) is 50.2 Å². The SMILES string of the molecule is CC(C)c1cc(Br)cc(C(C)CCN)c1. The third kappa shape index (κ3) is 3.62. The van der Waals surface area contributed by atoms with Gasteiger partial charge in [0, 0.05) is 4.47 Å². The molecule has 0 saturated heterocycles. The first-order chi connectivity index (χ1) is 7.04. The summed E-state index contributed by atoms with van der Waals surface area (Å²) in [6, 6.07) is 6.70. The molecule has 84 valence electrons. The smallest absolute Gasteiger partial charge is 0.0180 e. The summed E-state index contributed by atoms with van der Waals surface area (Å²) in [6.45, 7) is 7.43. The van der Waals surface area contributed by atoms with E-state index in [1.165, 1.54) is 15.6 Å². The Bertz CT molecular complexity index is 320. The van der Waals surface area contributed by atoms with Crippen LogP contribution < -0.4 is 5.73 Å². The summed E-state index contributed by atoms with van der Waals surface area (Å²) in [7, 11) is 0. The van der Waals surface area contributed by atoms with E-state index >= 15 is 0 Å². The highest BCUT2D eigenvalue weighted by molar-refractivity contribution is 9.10. The molecule has 2 heteroatoms. The Morgan fingerprint density at radius 1 is 1.13 bits per heavy atom. The van der Waals surface area contributed by atoms with Gasteiger partial charge in [-0.1, -0.05) is 42.8 Å². The third-order valence-corrected chi connectivity index (χ3v) is 3.24. The predicted octanol–water partition coefficient (Wildman–Crippen LogP) is 4.02. The zero-order valence-corrected chi connectivity index (χ0v) is 11.3. The first kappa shape index (κ1) is 12.7. The first-order valence-electron chi connectivity index (χ1n) is 5.55. The number of halogens is 1. The van der Waals surface area contributed by atoms with Gasteiger partial charge in [-0.05, 0) is 48.1 Å². The quantitative estimate of drug-likeness (QED) is 0.878. The molecule has 1 unspecified atom stereocenters. The van der Waals surface area contributed by atoms with Gasteiger partial charge in [-0.15, -0.1) is 0 Å². The van der Waals surface area contributed by atoms with E-state index in [1.54, 1.807) is 0 Å². The lowest BCUT2D eigenvalue weighted by Gasteiger charge is -2.14. The van der Waals surface area contributed by atoms with Crippen molar-refractivity contribution in [3.8, 4) is 0 Å². The molecule has 0 aliphatic heterocycles. The molecule has 0 aliphatic carbocycles. The Kier molecular flexibility index (Phi) is 4.81. The monoisotopic (exact) mass is 269 g/mol. The summed E-state index contributed by atoms with van der Waals surface area (Å²) in [6.07, 6.45) is 1.05. The van der Waals surface area contributed by atoms with Gasteiger partial charge in [0.15, 0.2) is 0 Å². The lowest BCUT2D eigenvalue weighted by Crippen LogP contribution is -2.05. The van der Waals surface area contributed by atoms with Crippen molar-refractivity contribution in [1.29, 1.82) is 0 Å². The molecule has 1 aromatic carbocycles. The molecule has 0 fully saturated rings. The van der Waals surface area contributed by atoms with Gasteiger partial charge in [0.2, 0.25) is 0 Å². The number of rotatable bonds is 4. The molecule has 0 saturated carbocycles. The van der Waals surface area contributed by atoms with E-state index in [2.05, 4.69) is 54.9 Å². The average Bonchev–Trinajstić information content (AvgIpc) is 2.17. The molecule has 15 heavy (non-hydrogen) atoms. The Morgan fingerprint density at radius 2 is 1.73 bits per heavy atom. The Labute approximate surface area is 101 Å². The molecule has 1 rings (SSSR count). The summed E-state index contributed by atoms with van der Waals surface area (Å²) >= 11 is 3.57. The van der Waals surface area contributed by atoms with Crippen LogP contribution in [-0.2, 0) is 0 Å². The second-order valence-corrected chi connectivity index (χ2v) is 5.37. The molecule has 0 aliphatic rings. The van der Waals surface area contributed by atoms with Crippen molar-refractivity contribution in [3.63, 3.8) is 0 Å². The van der Waals surface area contributed by atoms with Crippen molar-refractivity contribution in [2.75, 3.05) is 6.54 Å². The van der Waals surface area contributed by atoms with Crippen molar-refractivity contribution < 1.29 is 0 Å². The van der Waals surface area contributed by atoms with Crippen molar-refractivity contribution in [2.45, 2.75) is 39.0 Å². The molecule has 0 spiro atoms. The topological polar surface area (TPSA) is 26.0 Å². The molecule has 1 nitrogen and oxygen atoms in total. The van der Waals surface area contributed by atoms with Crippen molar-refractivity contribution in [1.82, 2.24) is 0 Å². The fourth-order valence-electron chi connectivity index (χ4n) is 1.67. The van der Waals surface area contributed by atoms with Crippen LogP contribution in [-0.4, -0.2) is 6.54 Å². The fraction of sp³-hybridized carbons (Fsp3) is 0.538. The molecular formula is C13H20BrN. The average molecular weight is 270 g/mol. The molecule has 1 atom stereocenters. The highest BCUT2D eigenvalue weighted by Gasteiger charge is 2.08. The molecule has 0 heterocycles. The Hall–Kier alpha value is -0.340. The van der Waals surface area contributed by atoms with Crippen molar-refractivity contribution in [2.24, 2.45) is 5.73 Å². The maximum Gasteiger partial charge on any atom is 0.0180 e. The van der Waals surface area contributed by atoms with E-state index in [0.717, 1.165) is 13.0 Å². The van der Waals surface area contributed by atoms with Gasteiger partial charge in [-0.3, -0.25) is 0 Å². The van der Waals surface area contributed by atoms with Crippen LogP contribution in [0.25, 0.3) is 0 Å². The standard InChI is InChI=1S/C13H20BrN/c1-9(2)11-6-12(8-13(14)7-11)10(3)4-5-15/h6-10H,4-5,15H2,1-3H3. The second-order valence-electron chi connectivity index (χ2n) is 4.45. The summed E-state index contributed by atoms with van der Waals surface area (Å²) in [5.41, 5.74) is 8.37. The molecule has 0 bridgehead atoms.